The van der Waals surface area contributed by atoms with Gasteiger partial charge in [0.2, 0.25) is 0 Å². The van der Waals surface area contributed by atoms with Crippen LogP contribution in [0.1, 0.15) is 18.1 Å². The Bertz CT molecular complexity index is 893. The first-order valence-corrected chi connectivity index (χ1v) is 9.21. The molecular formula is C20H19BrN2O4. The molecule has 27 heavy (non-hydrogen) atoms. The molecule has 6 nitrogen and oxygen atoms in total. The van der Waals surface area contributed by atoms with Crippen molar-refractivity contribution >= 4 is 33.9 Å². The van der Waals surface area contributed by atoms with E-state index in [0.717, 1.165) is 15.6 Å². The third-order valence-electron chi connectivity index (χ3n) is 4.01. The fourth-order valence-corrected chi connectivity index (χ4v) is 2.97. The molecule has 1 N–H and O–H groups in total. The number of amides is 3. The lowest BCUT2D eigenvalue weighted by molar-refractivity contribution is -0.123. The molecular weight excluding hydrogens is 412 g/mol. The molecule has 1 saturated heterocycles. The van der Waals surface area contributed by atoms with Gasteiger partial charge in [-0.15, -0.1) is 0 Å². The number of nitrogens with zero attached hydrogens (tertiary/aromatic N) is 1. The van der Waals surface area contributed by atoms with Crippen molar-refractivity contribution in [2.75, 3.05) is 13.7 Å². The third kappa shape index (κ3) is 4.31. The summed E-state index contributed by atoms with van der Waals surface area (Å²) in [5.41, 5.74) is 1.82. The van der Waals surface area contributed by atoms with E-state index in [1.807, 2.05) is 31.2 Å². The number of carbonyl (C=O) groups is 2. The first kappa shape index (κ1) is 19.0. The summed E-state index contributed by atoms with van der Waals surface area (Å²) in [5.74, 6) is 0.826. The number of nitrogens with one attached hydrogen (secondary N) is 1. The number of hydrogen-bond donors (Lipinski definition) is 1. The van der Waals surface area contributed by atoms with E-state index in [1.165, 1.54) is 4.90 Å². The first-order valence-electron chi connectivity index (χ1n) is 8.41. The number of ether oxygens (including phenoxy) is 2. The maximum Gasteiger partial charge on any atom is 0.329 e. The van der Waals surface area contributed by atoms with Crippen LogP contribution < -0.4 is 14.8 Å². The Morgan fingerprint density at radius 2 is 1.85 bits per heavy atom. The topological polar surface area (TPSA) is 67.9 Å². The number of halogens is 1. The van der Waals surface area contributed by atoms with Crippen LogP contribution >= 0.6 is 15.9 Å². The van der Waals surface area contributed by atoms with Gasteiger partial charge in [0.25, 0.3) is 5.91 Å². The van der Waals surface area contributed by atoms with Crippen LogP contribution in [0.15, 0.2) is 52.6 Å². The van der Waals surface area contributed by atoms with Crippen LogP contribution in [0.5, 0.6) is 11.5 Å². The van der Waals surface area contributed by atoms with Gasteiger partial charge >= 0.3 is 6.03 Å². The molecule has 0 aliphatic carbocycles. The van der Waals surface area contributed by atoms with E-state index in [-0.39, 0.29) is 18.1 Å². The highest BCUT2D eigenvalue weighted by Gasteiger charge is 2.33. The second kappa shape index (κ2) is 8.26. The predicted molar refractivity (Wildman–Crippen MR) is 105 cm³/mol. The third-order valence-corrected chi connectivity index (χ3v) is 4.54. The van der Waals surface area contributed by atoms with E-state index in [0.29, 0.717) is 18.1 Å². The second-order valence-corrected chi connectivity index (χ2v) is 6.76. The fourth-order valence-electron chi connectivity index (χ4n) is 2.71. The lowest BCUT2D eigenvalue weighted by Gasteiger charge is -2.11. The van der Waals surface area contributed by atoms with Crippen LogP contribution in [-0.2, 0) is 11.3 Å². The second-order valence-electron chi connectivity index (χ2n) is 5.85. The standard InChI is InChI=1S/C20H19BrN2O4/c1-3-27-18-11-14(6-9-17(18)26-2)10-16-19(24)23(20(25)22-16)12-13-4-7-15(21)8-5-13/h4-11H,3,12H2,1-2H3,(H,22,25)/b16-10+. The molecule has 0 aromatic heterocycles. The van der Waals surface area contributed by atoms with E-state index >= 15 is 0 Å². The van der Waals surface area contributed by atoms with E-state index in [9.17, 15) is 9.59 Å². The van der Waals surface area contributed by atoms with Crippen molar-refractivity contribution in [1.29, 1.82) is 0 Å². The number of imide groups is 1. The van der Waals surface area contributed by atoms with Crippen LogP contribution in [-0.4, -0.2) is 30.6 Å². The summed E-state index contributed by atoms with van der Waals surface area (Å²) in [5, 5.41) is 2.63. The van der Waals surface area contributed by atoms with Gasteiger partial charge in [0.1, 0.15) is 5.70 Å². The van der Waals surface area contributed by atoms with Crippen molar-refractivity contribution in [3.63, 3.8) is 0 Å². The number of urea groups is 1. The van der Waals surface area contributed by atoms with Gasteiger partial charge in [-0.05, 0) is 48.4 Å². The summed E-state index contributed by atoms with van der Waals surface area (Å²) in [7, 11) is 1.57. The highest BCUT2D eigenvalue weighted by molar-refractivity contribution is 9.10. The molecule has 0 bridgehead atoms. The molecule has 140 valence electrons. The number of hydrogen-bond acceptors (Lipinski definition) is 4. The van der Waals surface area contributed by atoms with Crippen LogP contribution in [0.3, 0.4) is 0 Å². The fraction of sp³-hybridized carbons (Fsp3) is 0.200. The minimum absolute atomic E-state index is 0.210. The molecule has 0 saturated carbocycles. The van der Waals surface area contributed by atoms with Crippen LogP contribution in [0.2, 0.25) is 0 Å². The summed E-state index contributed by atoms with van der Waals surface area (Å²) >= 11 is 3.37. The summed E-state index contributed by atoms with van der Waals surface area (Å²) in [6.07, 6.45) is 1.63. The number of methoxy groups -OCH3 is 1. The summed E-state index contributed by atoms with van der Waals surface area (Å²) in [6, 6.07) is 12.4. The van der Waals surface area contributed by atoms with Gasteiger partial charge in [-0.2, -0.15) is 0 Å². The largest absolute Gasteiger partial charge is 0.493 e. The normalized spacial score (nSPS) is 15.2. The van der Waals surface area contributed by atoms with Gasteiger partial charge in [-0.25, -0.2) is 4.79 Å². The van der Waals surface area contributed by atoms with E-state index < -0.39 is 6.03 Å². The zero-order valence-electron chi connectivity index (χ0n) is 15.0. The van der Waals surface area contributed by atoms with Crippen LogP contribution in [0, 0.1) is 0 Å². The molecule has 0 spiro atoms. The molecule has 1 fully saturated rings. The van der Waals surface area contributed by atoms with Gasteiger partial charge in [-0.3, -0.25) is 9.69 Å². The van der Waals surface area contributed by atoms with Crippen molar-refractivity contribution in [3.05, 3.63) is 63.8 Å². The molecule has 1 heterocycles. The summed E-state index contributed by atoms with van der Waals surface area (Å²) < 4.78 is 11.7. The molecule has 3 amide bonds. The zero-order chi connectivity index (χ0) is 19.4. The SMILES string of the molecule is CCOc1cc(/C=C2/NC(=O)N(Cc3ccc(Br)cc3)C2=O)ccc1OC. The van der Waals surface area contributed by atoms with Crippen LogP contribution in [0.25, 0.3) is 6.08 Å². The van der Waals surface area contributed by atoms with Gasteiger partial charge in [0.05, 0.1) is 20.3 Å². The molecule has 2 aromatic rings. The lowest BCUT2D eigenvalue weighted by atomic mass is 10.1. The molecule has 7 heteroatoms. The van der Waals surface area contributed by atoms with E-state index in [4.69, 9.17) is 9.47 Å². The van der Waals surface area contributed by atoms with Gasteiger partial charge in [0.15, 0.2) is 11.5 Å². The Morgan fingerprint density at radius 1 is 1.11 bits per heavy atom. The Labute approximate surface area is 165 Å². The monoisotopic (exact) mass is 430 g/mol. The van der Waals surface area contributed by atoms with Gasteiger partial charge in [0, 0.05) is 4.47 Å². The number of benzene rings is 2. The Kier molecular flexibility index (Phi) is 5.81. The Balaban J connectivity index is 1.81. The van der Waals surface area contributed by atoms with E-state index in [1.54, 1.807) is 31.4 Å². The van der Waals surface area contributed by atoms with Crippen molar-refractivity contribution < 1.29 is 19.1 Å². The van der Waals surface area contributed by atoms with E-state index in [2.05, 4.69) is 21.2 Å². The molecule has 3 rings (SSSR count). The van der Waals surface area contributed by atoms with Crippen molar-refractivity contribution in [2.24, 2.45) is 0 Å². The maximum atomic E-state index is 12.6. The highest BCUT2D eigenvalue weighted by atomic mass is 79.9. The number of carbonyl (C=O) groups excluding carboxylic acids is 2. The zero-order valence-corrected chi connectivity index (χ0v) is 16.6. The van der Waals surface area contributed by atoms with Crippen molar-refractivity contribution in [2.45, 2.75) is 13.5 Å². The summed E-state index contributed by atoms with van der Waals surface area (Å²) in [6.45, 7) is 2.58. The van der Waals surface area contributed by atoms with Crippen molar-refractivity contribution in [3.8, 4) is 11.5 Å². The average Bonchev–Trinajstić information content (AvgIpc) is 2.91. The van der Waals surface area contributed by atoms with Crippen molar-refractivity contribution in [1.82, 2.24) is 10.2 Å². The van der Waals surface area contributed by atoms with Gasteiger partial charge in [-0.1, -0.05) is 34.1 Å². The van der Waals surface area contributed by atoms with Crippen LogP contribution in [0.4, 0.5) is 4.79 Å². The lowest BCUT2D eigenvalue weighted by Crippen LogP contribution is -2.30. The molecule has 1 aliphatic heterocycles. The first-order chi connectivity index (χ1) is 13.0. The number of rotatable bonds is 6. The molecule has 2 aromatic carbocycles. The minimum atomic E-state index is -0.437. The highest BCUT2D eigenvalue weighted by Crippen LogP contribution is 2.29. The van der Waals surface area contributed by atoms with Gasteiger partial charge < -0.3 is 14.8 Å². The molecule has 0 radical (unpaired) electrons. The molecule has 0 unspecified atom stereocenters. The quantitative estimate of drug-likeness (QED) is 0.556. The minimum Gasteiger partial charge on any atom is -0.493 e. The molecule has 1 aliphatic rings. The molecule has 0 atom stereocenters. The Hall–Kier alpha value is -2.80. The average molecular weight is 431 g/mol. The Morgan fingerprint density at radius 3 is 2.52 bits per heavy atom. The predicted octanol–water partition coefficient (Wildman–Crippen LogP) is 3.95. The maximum absolute atomic E-state index is 12.6. The summed E-state index contributed by atoms with van der Waals surface area (Å²) in [4.78, 5) is 26.0. The smallest absolute Gasteiger partial charge is 0.329 e.